The van der Waals surface area contributed by atoms with Crippen molar-refractivity contribution in [2.24, 2.45) is 0 Å². The van der Waals surface area contributed by atoms with Gasteiger partial charge >= 0.3 is 5.69 Å². The van der Waals surface area contributed by atoms with Crippen LogP contribution in [0.2, 0.25) is 0 Å². The largest absolute Gasteiger partial charge is 0.396 e. The molecule has 4 N–H and O–H groups in total. The molecule has 0 radical (unpaired) electrons. The van der Waals surface area contributed by atoms with Gasteiger partial charge in [0, 0.05) is 0 Å². The van der Waals surface area contributed by atoms with Gasteiger partial charge in [-0.2, -0.15) is 0 Å². The van der Waals surface area contributed by atoms with Gasteiger partial charge in [-0.25, -0.2) is 4.39 Å². The summed E-state index contributed by atoms with van der Waals surface area (Å²) in [6.07, 6.45) is 0. The first kappa shape index (κ1) is 9.72. The van der Waals surface area contributed by atoms with Crippen LogP contribution in [0, 0.1) is 15.9 Å². The number of halogens is 2. The Balaban J connectivity index is 3.53. The predicted octanol–water partition coefficient (Wildman–Crippen LogP) is 1.66. The number of nitrogens with zero attached hydrogens (tertiary/aromatic N) is 1. The van der Waals surface area contributed by atoms with Gasteiger partial charge in [0.25, 0.3) is 0 Å². The third-order valence-corrected chi connectivity index (χ3v) is 2.04. The molecule has 0 atom stereocenters. The fourth-order valence-electron chi connectivity index (χ4n) is 0.842. The molecule has 1 rings (SSSR count). The minimum atomic E-state index is -0.963. The van der Waals surface area contributed by atoms with Crippen molar-refractivity contribution in [1.82, 2.24) is 0 Å². The van der Waals surface area contributed by atoms with Crippen LogP contribution in [0.4, 0.5) is 21.5 Å². The molecule has 13 heavy (non-hydrogen) atoms. The van der Waals surface area contributed by atoms with E-state index in [1.807, 2.05) is 0 Å². The van der Waals surface area contributed by atoms with Gasteiger partial charge in [-0.3, -0.25) is 10.1 Å². The van der Waals surface area contributed by atoms with Crippen LogP contribution in [-0.2, 0) is 0 Å². The minimum Gasteiger partial charge on any atom is -0.396 e. The van der Waals surface area contributed by atoms with E-state index in [4.69, 9.17) is 11.5 Å². The number of benzene rings is 1. The second-order valence-corrected chi connectivity index (χ2v) is 3.14. The lowest BCUT2D eigenvalue weighted by atomic mass is 10.2. The van der Waals surface area contributed by atoms with Crippen molar-refractivity contribution < 1.29 is 9.31 Å². The molecule has 0 spiro atoms. The molecule has 1 aromatic rings. The number of nitrogen functional groups attached to an aromatic ring is 2. The first-order chi connectivity index (χ1) is 5.95. The maximum atomic E-state index is 13.0. The van der Waals surface area contributed by atoms with Gasteiger partial charge in [-0.1, -0.05) is 0 Å². The van der Waals surface area contributed by atoms with E-state index in [1.54, 1.807) is 0 Å². The van der Waals surface area contributed by atoms with Gasteiger partial charge in [-0.15, -0.1) is 0 Å². The average Bonchev–Trinajstić information content (AvgIpc) is 1.99. The molecule has 0 amide bonds. The summed E-state index contributed by atoms with van der Waals surface area (Å²) in [5.74, 6) is -0.963. The normalized spacial score (nSPS) is 10.0. The third kappa shape index (κ3) is 1.55. The molecule has 0 saturated carbocycles. The Morgan fingerprint density at radius 1 is 1.54 bits per heavy atom. The Hall–Kier alpha value is -1.37. The quantitative estimate of drug-likeness (QED) is 0.450. The fourth-order valence-corrected chi connectivity index (χ4v) is 1.45. The summed E-state index contributed by atoms with van der Waals surface area (Å²) in [6, 6.07) is 1.10. The second kappa shape index (κ2) is 3.17. The molecule has 70 valence electrons. The summed E-state index contributed by atoms with van der Waals surface area (Å²) in [5, 5.41) is 10.4. The molecule has 7 heteroatoms. The van der Waals surface area contributed by atoms with Gasteiger partial charge in [0.15, 0.2) is 11.5 Å². The molecule has 0 aromatic heterocycles. The number of nitrogens with two attached hydrogens (primary N) is 2. The first-order valence-electron chi connectivity index (χ1n) is 3.12. The highest BCUT2D eigenvalue weighted by Gasteiger charge is 2.22. The number of hydrogen-bond acceptors (Lipinski definition) is 4. The van der Waals surface area contributed by atoms with E-state index in [-0.39, 0.29) is 10.2 Å². The summed E-state index contributed by atoms with van der Waals surface area (Å²) in [4.78, 5) is 9.62. The van der Waals surface area contributed by atoms with Crippen molar-refractivity contribution in [2.45, 2.75) is 0 Å². The summed E-state index contributed by atoms with van der Waals surface area (Å²) >= 11 is 2.86. The van der Waals surface area contributed by atoms with Gasteiger partial charge in [-0.05, 0) is 22.0 Å². The van der Waals surface area contributed by atoms with Crippen LogP contribution >= 0.6 is 15.9 Å². The predicted molar refractivity (Wildman–Crippen MR) is 49.6 cm³/mol. The Labute approximate surface area is 80.8 Å². The van der Waals surface area contributed by atoms with Gasteiger partial charge in [0.2, 0.25) is 0 Å². The van der Waals surface area contributed by atoms with E-state index >= 15 is 0 Å². The van der Waals surface area contributed by atoms with E-state index in [9.17, 15) is 14.5 Å². The topological polar surface area (TPSA) is 95.2 Å². The molecule has 5 nitrogen and oxygen atoms in total. The lowest BCUT2D eigenvalue weighted by Gasteiger charge is -2.03. The van der Waals surface area contributed by atoms with Crippen LogP contribution in [0.3, 0.4) is 0 Å². The van der Waals surface area contributed by atoms with Crippen molar-refractivity contribution in [3.63, 3.8) is 0 Å². The molecule has 0 saturated heterocycles. The Morgan fingerprint density at radius 3 is 2.54 bits per heavy atom. The number of anilines is 2. The monoisotopic (exact) mass is 249 g/mol. The third-order valence-electron chi connectivity index (χ3n) is 1.44. The Bertz CT molecular complexity index is 383. The smallest absolute Gasteiger partial charge is 0.309 e. The molecule has 0 unspecified atom stereocenters. The number of nitro benzene ring substituents is 1. The SMILES string of the molecule is Nc1cc(Br)c([N+](=O)[O-])c(N)c1F. The van der Waals surface area contributed by atoms with E-state index in [1.165, 1.54) is 0 Å². The molecule has 0 aliphatic heterocycles. The molecule has 0 aliphatic carbocycles. The van der Waals surface area contributed by atoms with Crippen LogP contribution in [0.25, 0.3) is 0 Å². The van der Waals surface area contributed by atoms with Crippen molar-refractivity contribution in [2.75, 3.05) is 11.5 Å². The zero-order valence-electron chi connectivity index (χ0n) is 6.25. The van der Waals surface area contributed by atoms with E-state index in [0.29, 0.717) is 0 Å². The van der Waals surface area contributed by atoms with Crippen molar-refractivity contribution in [3.05, 3.63) is 26.5 Å². The molecule has 0 aliphatic rings. The molecule has 0 heterocycles. The molecule has 0 bridgehead atoms. The maximum absolute atomic E-state index is 13.0. The number of rotatable bonds is 1. The molecular formula is C6H5BrFN3O2. The van der Waals surface area contributed by atoms with Gasteiger partial charge in [0.1, 0.15) is 0 Å². The van der Waals surface area contributed by atoms with Crippen LogP contribution in [0.1, 0.15) is 0 Å². The fraction of sp³-hybridized carbons (Fsp3) is 0. The molecule has 0 fully saturated rings. The molecular weight excluding hydrogens is 245 g/mol. The Kier molecular flexibility index (Phi) is 2.37. The highest BCUT2D eigenvalue weighted by atomic mass is 79.9. The van der Waals surface area contributed by atoms with Gasteiger partial charge in [0.05, 0.1) is 15.1 Å². The standard InChI is InChI=1S/C6H5BrFN3O2/c7-2-1-3(9)4(8)5(10)6(2)11(12)13/h1H,9-10H2. The molecule has 1 aromatic carbocycles. The van der Waals surface area contributed by atoms with Crippen molar-refractivity contribution in [1.29, 1.82) is 0 Å². The van der Waals surface area contributed by atoms with Crippen LogP contribution in [0.5, 0.6) is 0 Å². The lowest BCUT2D eigenvalue weighted by Crippen LogP contribution is -2.03. The van der Waals surface area contributed by atoms with Gasteiger partial charge < -0.3 is 11.5 Å². The summed E-state index contributed by atoms with van der Waals surface area (Å²) in [5.41, 5.74) is 9.05. The second-order valence-electron chi connectivity index (χ2n) is 2.28. The highest BCUT2D eigenvalue weighted by Crippen LogP contribution is 2.35. The number of hydrogen-bond donors (Lipinski definition) is 2. The van der Waals surface area contributed by atoms with Crippen molar-refractivity contribution in [3.8, 4) is 0 Å². The minimum absolute atomic E-state index is 0.0638. The highest BCUT2D eigenvalue weighted by molar-refractivity contribution is 9.10. The van der Waals surface area contributed by atoms with Crippen molar-refractivity contribution >= 4 is 33.0 Å². The zero-order valence-corrected chi connectivity index (χ0v) is 7.84. The van der Waals surface area contributed by atoms with Crippen LogP contribution in [0.15, 0.2) is 10.5 Å². The maximum Gasteiger partial charge on any atom is 0.309 e. The summed E-state index contributed by atoms with van der Waals surface area (Å²) in [7, 11) is 0. The van der Waals surface area contributed by atoms with Crippen LogP contribution < -0.4 is 11.5 Å². The van der Waals surface area contributed by atoms with E-state index in [0.717, 1.165) is 6.07 Å². The lowest BCUT2D eigenvalue weighted by molar-refractivity contribution is -0.384. The summed E-state index contributed by atoms with van der Waals surface area (Å²) < 4.78 is 13.0. The zero-order chi connectivity index (χ0) is 10.2. The van der Waals surface area contributed by atoms with E-state index in [2.05, 4.69) is 15.9 Å². The first-order valence-corrected chi connectivity index (χ1v) is 3.91. The van der Waals surface area contributed by atoms with Crippen LogP contribution in [-0.4, -0.2) is 4.92 Å². The summed E-state index contributed by atoms with van der Waals surface area (Å²) in [6.45, 7) is 0. The van der Waals surface area contributed by atoms with E-state index < -0.39 is 22.1 Å². The average molecular weight is 250 g/mol. The number of nitro groups is 1. The Morgan fingerprint density at radius 2 is 2.08 bits per heavy atom.